The Hall–Kier alpha value is -0.660. The SMILES string of the molecule is CS(=O)(=O)CCC(N)C(=O)N1CC(CO)C1. The van der Waals surface area contributed by atoms with Gasteiger partial charge >= 0.3 is 0 Å². The zero-order valence-corrected chi connectivity index (χ0v) is 10.1. The van der Waals surface area contributed by atoms with E-state index in [-0.39, 0.29) is 30.6 Å². The van der Waals surface area contributed by atoms with Crippen LogP contribution in [0.2, 0.25) is 0 Å². The summed E-state index contributed by atoms with van der Waals surface area (Å²) >= 11 is 0. The van der Waals surface area contributed by atoms with Crippen LogP contribution in [0.5, 0.6) is 0 Å². The van der Waals surface area contributed by atoms with Crippen LogP contribution >= 0.6 is 0 Å². The average Bonchev–Trinajstić information content (AvgIpc) is 2.11. The lowest BCUT2D eigenvalue weighted by Crippen LogP contribution is -2.56. The molecule has 1 unspecified atom stereocenters. The number of likely N-dealkylation sites (tertiary alicyclic amines) is 1. The molecule has 1 saturated heterocycles. The van der Waals surface area contributed by atoms with Gasteiger partial charge in [0.05, 0.1) is 11.8 Å². The molecule has 1 heterocycles. The highest BCUT2D eigenvalue weighted by atomic mass is 32.2. The molecule has 6 nitrogen and oxygen atoms in total. The molecule has 7 heteroatoms. The Labute approximate surface area is 95.3 Å². The molecule has 94 valence electrons. The van der Waals surface area contributed by atoms with Crippen LogP contribution in [0.3, 0.4) is 0 Å². The van der Waals surface area contributed by atoms with Gasteiger partial charge < -0.3 is 15.7 Å². The Morgan fingerprint density at radius 1 is 1.56 bits per heavy atom. The zero-order valence-electron chi connectivity index (χ0n) is 9.30. The van der Waals surface area contributed by atoms with Gasteiger partial charge in [0, 0.05) is 31.9 Å². The summed E-state index contributed by atoms with van der Waals surface area (Å²) in [6, 6.07) is -0.755. The molecule has 3 N–H and O–H groups in total. The summed E-state index contributed by atoms with van der Waals surface area (Å²) in [5.74, 6) is -0.156. The summed E-state index contributed by atoms with van der Waals surface area (Å²) < 4.78 is 21.8. The molecule has 0 saturated carbocycles. The highest BCUT2D eigenvalue weighted by Crippen LogP contribution is 2.15. The maximum atomic E-state index is 11.6. The number of hydrogen-bond donors (Lipinski definition) is 2. The van der Waals surface area contributed by atoms with Gasteiger partial charge in [0.2, 0.25) is 5.91 Å². The quantitative estimate of drug-likeness (QED) is 0.599. The van der Waals surface area contributed by atoms with E-state index in [4.69, 9.17) is 10.8 Å². The largest absolute Gasteiger partial charge is 0.396 e. The molecule has 1 fully saturated rings. The first-order valence-corrected chi connectivity index (χ1v) is 7.22. The lowest BCUT2D eigenvalue weighted by atomic mass is 10.00. The summed E-state index contributed by atoms with van der Waals surface area (Å²) in [5.41, 5.74) is 5.60. The lowest BCUT2D eigenvalue weighted by molar-refractivity contribution is -0.139. The van der Waals surface area contributed by atoms with E-state index in [1.807, 2.05) is 0 Å². The number of sulfone groups is 1. The minimum atomic E-state index is -3.07. The van der Waals surface area contributed by atoms with Crippen LogP contribution < -0.4 is 5.73 Å². The normalized spacial score (nSPS) is 19.3. The molecule has 0 aliphatic carbocycles. The molecule has 0 aromatic heterocycles. The molecular formula is C9H18N2O4S. The van der Waals surface area contributed by atoms with Gasteiger partial charge in [0.1, 0.15) is 9.84 Å². The van der Waals surface area contributed by atoms with Crippen LogP contribution in [0.25, 0.3) is 0 Å². The molecule has 1 aliphatic heterocycles. The Balaban J connectivity index is 2.32. The summed E-state index contributed by atoms with van der Waals surface area (Å²) in [5, 5.41) is 8.79. The summed E-state index contributed by atoms with van der Waals surface area (Å²) in [7, 11) is -3.07. The zero-order chi connectivity index (χ0) is 12.3. The van der Waals surface area contributed by atoms with Gasteiger partial charge in [-0.1, -0.05) is 0 Å². The number of nitrogens with zero attached hydrogens (tertiary/aromatic N) is 1. The third-order valence-electron chi connectivity index (χ3n) is 2.64. The van der Waals surface area contributed by atoms with E-state index in [1.165, 1.54) is 0 Å². The first-order valence-electron chi connectivity index (χ1n) is 5.16. The first kappa shape index (κ1) is 13.4. The van der Waals surface area contributed by atoms with Crippen molar-refractivity contribution in [3.8, 4) is 0 Å². The van der Waals surface area contributed by atoms with Crippen LogP contribution in [-0.4, -0.2) is 62.1 Å². The molecule has 1 atom stereocenters. The number of carbonyl (C=O) groups is 1. The van der Waals surface area contributed by atoms with Crippen molar-refractivity contribution in [3.05, 3.63) is 0 Å². The predicted molar refractivity (Wildman–Crippen MR) is 59.5 cm³/mol. The second-order valence-corrected chi connectivity index (χ2v) is 6.58. The smallest absolute Gasteiger partial charge is 0.239 e. The van der Waals surface area contributed by atoms with Crippen LogP contribution in [0.1, 0.15) is 6.42 Å². The second-order valence-electron chi connectivity index (χ2n) is 4.32. The van der Waals surface area contributed by atoms with Crippen molar-refractivity contribution >= 4 is 15.7 Å². The molecule has 0 radical (unpaired) electrons. The molecule has 16 heavy (non-hydrogen) atoms. The third kappa shape index (κ3) is 3.73. The minimum absolute atomic E-state index is 0.0718. The molecule has 0 aromatic carbocycles. The van der Waals surface area contributed by atoms with Gasteiger partial charge in [-0.15, -0.1) is 0 Å². The van der Waals surface area contributed by atoms with E-state index in [9.17, 15) is 13.2 Å². The van der Waals surface area contributed by atoms with E-state index in [0.717, 1.165) is 6.26 Å². The van der Waals surface area contributed by atoms with Crippen LogP contribution in [0.15, 0.2) is 0 Å². The molecule has 0 bridgehead atoms. The van der Waals surface area contributed by atoms with Gasteiger partial charge in [-0.05, 0) is 6.42 Å². The van der Waals surface area contributed by atoms with Crippen LogP contribution in [-0.2, 0) is 14.6 Å². The molecule has 1 amide bonds. The van der Waals surface area contributed by atoms with E-state index < -0.39 is 15.9 Å². The summed E-state index contributed by atoms with van der Waals surface area (Å²) in [4.78, 5) is 13.2. The summed E-state index contributed by atoms with van der Waals surface area (Å²) in [6.07, 6.45) is 1.27. The monoisotopic (exact) mass is 250 g/mol. The highest BCUT2D eigenvalue weighted by molar-refractivity contribution is 7.90. The van der Waals surface area contributed by atoms with E-state index in [0.29, 0.717) is 13.1 Å². The van der Waals surface area contributed by atoms with E-state index >= 15 is 0 Å². The molecule has 0 aromatic rings. The fraction of sp³-hybridized carbons (Fsp3) is 0.889. The van der Waals surface area contributed by atoms with Crippen molar-refractivity contribution in [2.45, 2.75) is 12.5 Å². The number of nitrogens with two attached hydrogens (primary N) is 1. The number of carbonyl (C=O) groups excluding carboxylic acids is 1. The number of rotatable bonds is 5. The maximum absolute atomic E-state index is 11.6. The van der Waals surface area contributed by atoms with Gasteiger partial charge in [-0.3, -0.25) is 4.79 Å². The summed E-state index contributed by atoms with van der Waals surface area (Å²) in [6.45, 7) is 1.10. The maximum Gasteiger partial charge on any atom is 0.239 e. The van der Waals surface area contributed by atoms with Gasteiger partial charge in [0.25, 0.3) is 0 Å². The number of aliphatic hydroxyl groups excluding tert-OH is 1. The third-order valence-corrected chi connectivity index (χ3v) is 3.62. The number of aliphatic hydroxyl groups is 1. The van der Waals surface area contributed by atoms with Gasteiger partial charge in [-0.2, -0.15) is 0 Å². The molecule has 1 aliphatic rings. The van der Waals surface area contributed by atoms with Crippen LogP contribution in [0.4, 0.5) is 0 Å². The van der Waals surface area contributed by atoms with Crippen molar-refractivity contribution in [2.75, 3.05) is 31.7 Å². The lowest BCUT2D eigenvalue weighted by Gasteiger charge is -2.39. The Kier molecular flexibility index (Phi) is 4.28. The Bertz CT molecular complexity index is 349. The van der Waals surface area contributed by atoms with Gasteiger partial charge in [-0.25, -0.2) is 8.42 Å². The molecule has 0 spiro atoms. The van der Waals surface area contributed by atoms with Gasteiger partial charge in [0.15, 0.2) is 0 Å². The van der Waals surface area contributed by atoms with Crippen molar-refractivity contribution in [1.82, 2.24) is 4.90 Å². The average molecular weight is 250 g/mol. The molecule has 1 rings (SSSR count). The van der Waals surface area contributed by atoms with Crippen molar-refractivity contribution < 1.29 is 18.3 Å². The standard InChI is InChI=1S/C9H18N2O4S/c1-16(14,15)3-2-8(10)9(13)11-4-7(5-11)6-12/h7-8,12H,2-6,10H2,1H3. The molecular weight excluding hydrogens is 232 g/mol. The van der Waals surface area contributed by atoms with E-state index in [1.54, 1.807) is 4.90 Å². The Morgan fingerprint density at radius 2 is 2.12 bits per heavy atom. The second kappa shape index (κ2) is 5.11. The van der Waals surface area contributed by atoms with Crippen molar-refractivity contribution in [3.63, 3.8) is 0 Å². The van der Waals surface area contributed by atoms with E-state index in [2.05, 4.69) is 0 Å². The van der Waals surface area contributed by atoms with Crippen LogP contribution in [0, 0.1) is 5.92 Å². The topological polar surface area (TPSA) is 101 Å². The van der Waals surface area contributed by atoms with Crippen molar-refractivity contribution in [2.24, 2.45) is 11.7 Å². The Morgan fingerprint density at radius 3 is 2.56 bits per heavy atom. The van der Waals surface area contributed by atoms with Crippen molar-refractivity contribution in [1.29, 1.82) is 0 Å². The predicted octanol–water partition coefficient (Wildman–Crippen LogP) is -1.80. The minimum Gasteiger partial charge on any atom is -0.396 e. The first-order chi connectivity index (χ1) is 7.33. The fourth-order valence-corrected chi connectivity index (χ4v) is 2.25. The number of amides is 1. The highest BCUT2D eigenvalue weighted by Gasteiger charge is 2.32. The fourth-order valence-electron chi connectivity index (χ4n) is 1.56. The number of hydrogen-bond acceptors (Lipinski definition) is 5.